The van der Waals surface area contributed by atoms with Crippen molar-refractivity contribution in [2.24, 2.45) is 10.7 Å². The number of ether oxygens (including phenoxy) is 2. The van der Waals surface area contributed by atoms with Crippen LogP contribution < -0.4 is 15.2 Å². The number of benzene rings is 1. The number of guanidine groups is 1. The van der Waals surface area contributed by atoms with Crippen molar-refractivity contribution in [1.82, 2.24) is 9.80 Å². The highest BCUT2D eigenvalue weighted by Gasteiger charge is 2.49. The van der Waals surface area contributed by atoms with E-state index in [4.69, 9.17) is 20.2 Å². The van der Waals surface area contributed by atoms with Gasteiger partial charge in [-0.2, -0.15) is 0 Å². The molecule has 1 aromatic carbocycles. The van der Waals surface area contributed by atoms with Gasteiger partial charge in [0.05, 0.1) is 0 Å². The Hall–Kier alpha value is -2.32. The summed E-state index contributed by atoms with van der Waals surface area (Å²) in [5.74, 6) is 1.82. The van der Waals surface area contributed by atoms with E-state index in [0.717, 1.165) is 56.9 Å². The van der Waals surface area contributed by atoms with Crippen LogP contribution in [0.15, 0.2) is 23.2 Å². The molecule has 32 heavy (non-hydrogen) atoms. The minimum Gasteiger partial charge on any atom is -0.454 e. The van der Waals surface area contributed by atoms with Gasteiger partial charge in [-0.15, -0.1) is 0 Å². The molecule has 1 aromatic rings. The van der Waals surface area contributed by atoms with Gasteiger partial charge in [-0.1, -0.05) is 45.6 Å². The Balaban J connectivity index is 1.40. The van der Waals surface area contributed by atoms with E-state index in [1.54, 1.807) is 4.90 Å². The van der Waals surface area contributed by atoms with Crippen molar-refractivity contribution in [2.45, 2.75) is 83.0 Å². The Bertz CT molecular complexity index is 842. The molecule has 1 fully saturated rings. The van der Waals surface area contributed by atoms with Crippen molar-refractivity contribution < 1.29 is 19.4 Å². The summed E-state index contributed by atoms with van der Waals surface area (Å²) in [5, 5.41) is 10.9. The molecule has 0 spiro atoms. The summed E-state index contributed by atoms with van der Waals surface area (Å²) < 4.78 is 10.8. The van der Waals surface area contributed by atoms with E-state index in [1.165, 1.54) is 0 Å². The van der Waals surface area contributed by atoms with Gasteiger partial charge in [0.25, 0.3) is 5.91 Å². The Morgan fingerprint density at radius 3 is 2.47 bits per heavy atom. The molecule has 0 saturated carbocycles. The van der Waals surface area contributed by atoms with Crippen molar-refractivity contribution in [3.63, 3.8) is 0 Å². The number of unbranched alkanes of at least 4 members (excludes halogenated alkanes) is 2. The smallest absolute Gasteiger partial charge is 0.257 e. The van der Waals surface area contributed by atoms with Crippen LogP contribution in [0.2, 0.25) is 0 Å². The summed E-state index contributed by atoms with van der Waals surface area (Å²) in [7, 11) is 0. The Kier molecular flexibility index (Phi) is 6.90. The van der Waals surface area contributed by atoms with Crippen LogP contribution in [0.4, 0.5) is 0 Å². The third-order valence-electron chi connectivity index (χ3n) is 6.98. The third kappa shape index (κ3) is 4.30. The zero-order valence-corrected chi connectivity index (χ0v) is 19.3. The van der Waals surface area contributed by atoms with Gasteiger partial charge in [-0.3, -0.25) is 14.6 Å². The standard InChI is InChI=1S/C24H36N4O4/c1-3-5-11-24(12-6-4-2)22(30)28(23(25)26-24)18-9-13-27(14-10-18)21(29)17-7-8-19-20(15-17)32-16-31-19/h7-8,15,18,21,29H,3-6,9-14,16H2,1-2H3,(H2,25,26). The lowest BCUT2D eigenvalue weighted by Gasteiger charge is -2.39. The summed E-state index contributed by atoms with van der Waals surface area (Å²) in [5.41, 5.74) is 6.42. The maximum atomic E-state index is 13.5. The van der Waals surface area contributed by atoms with E-state index in [0.29, 0.717) is 30.5 Å². The summed E-state index contributed by atoms with van der Waals surface area (Å²) in [6, 6.07) is 5.56. The summed E-state index contributed by atoms with van der Waals surface area (Å²) in [6.45, 7) is 5.84. The first-order valence-electron chi connectivity index (χ1n) is 12.0. The Morgan fingerprint density at radius 1 is 1.16 bits per heavy atom. The van der Waals surface area contributed by atoms with Crippen LogP contribution >= 0.6 is 0 Å². The van der Waals surface area contributed by atoms with Crippen molar-refractivity contribution in [3.8, 4) is 11.5 Å². The number of fused-ring (bicyclic) bond motifs is 1. The first-order chi connectivity index (χ1) is 15.5. The van der Waals surface area contributed by atoms with E-state index < -0.39 is 11.8 Å². The summed E-state index contributed by atoms with van der Waals surface area (Å²) >= 11 is 0. The topological polar surface area (TPSA) is 101 Å². The third-order valence-corrected chi connectivity index (χ3v) is 6.98. The van der Waals surface area contributed by atoms with Crippen LogP contribution in [0, 0.1) is 0 Å². The van der Waals surface area contributed by atoms with Crippen LogP contribution in [-0.4, -0.2) is 58.2 Å². The molecule has 1 amide bonds. The number of likely N-dealkylation sites (tertiary alicyclic amines) is 1. The molecular formula is C24H36N4O4. The second-order valence-electron chi connectivity index (χ2n) is 9.14. The number of amides is 1. The number of aliphatic hydroxyl groups excluding tert-OH is 1. The molecule has 1 unspecified atom stereocenters. The van der Waals surface area contributed by atoms with E-state index in [-0.39, 0.29) is 18.7 Å². The zero-order valence-electron chi connectivity index (χ0n) is 19.3. The van der Waals surface area contributed by atoms with Crippen LogP contribution in [0.25, 0.3) is 0 Å². The van der Waals surface area contributed by atoms with Gasteiger partial charge in [0.2, 0.25) is 6.79 Å². The van der Waals surface area contributed by atoms with Crippen molar-refractivity contribution >= 4 is 11.9 Å². The largest absolute Gasteiger partial charge is 0.454 e. The fourth-order valence-electron chi connectivity index (χ4n) is 5.06. The number of rotatable bonds is 9. The predicted molar refractivity (Wildman–Crippen MR) is 122 cm³/mol. The van der Waals surface area contributed by atoms with Gasteiger partial charge in [0, 0.05) is 19.1 Å². The monoisotopic (exact) mass is 444 g/mol. The molecule has 0 radical (unpaired) electrons. The van der Waals surface area contributed by atoms with Gasteiger partial charge >= 0.3 is 0 Å². The fourth-order valence-corrected chi connectivity index (χ4v) is 5.06. The molecule has 0 aromatic heterocycles. The lowest BCUT2D eigenvalue weighted by Crippen LogP contribution is -2.53. The second-order valence-corrected chi connectivity index (χ2v) is 9.14. The number of piperidine rings is 1. The van der Waals surface area contributed by atoms with E-state index in [2.05, 4.69) is 13.8 Å². The lowest BCUT2D eigenvalue weighted by molar-refractivity contribution is -0.134. The Morgan fingerprint density at radius 2 is 1.81 bits per heavy atom. The molecule has 1 saturated heterocycles. The van der Waals surface area contributed by atoms with Gasteiger partial charge in [-0.25, -0.2) is 4.99 Å². The van der Waals surface area contributed by atoms with Crippen LogP contribution in [0.5, 0.6) is 11.5 Å². The lowest BCUT2D eigenvalue weighted by atomic mass is 9.86. The van der Waals surface area contributed by atoms with Crippen LogP contribution in [0.1, 0.15) is 77.0 Å². The minimum atomic E-state index is -0.723. The molecule has 3 aliphatic heterocycles. The first kappa shape index (κ1) is 22.9. The number of nitrogens with zero attached hydrogens (tertiary/aromatic N) is 3. The quantitative estimate of drug-likeness (QED) is 0.607. The molecule has 3 N–H and O–H groups in total. The highest BCUT2D eigenvalue weighted by molar-refractivity contribution is 6.07. The summed E-state index contributed by atoms with van der Waals surface area (Å²) in [4.78, 5) is 22.1. The summed E-state index contributed by atoms with van der Waals surface area (Å²) in [6.07, 6.45) is 6.32. The van der Waals surface area contributed by atoms with Crippen LogP contribution in [-0.2, 0) is 4.79 Å². The maximum absolute atomic E-state index is 13.5. The highest BCUT2D eigenvalue weighted by Crippen LogP contribution is 2.37. The van der Waals surface area contributed by atoms with Crippen molar-refractivity contribution in [1.29, 1.82) is 0 Å². The predicted octanol–water partition coefficient (Wildman–Crippen LogP) is 3.15. The van der Waals surface area contributed by atoms with Gasteiger partial charge in [-0.05, 0) is 43.4 Å². The molecule has 8 nitrogen and oxygen atoms in total. The molecule has 8 heteroatoms. The van der Waals surface area contributed by atoms with Gasteiger partial charge in [0.1, 0.15) is 11.8 Å². The number of hydrogen-bond acceptors (Lipinski definition) is 7. The fraction of sp³-hybridized carbons (Fsp3) is 0.667. The van der Waals surface area contributed by atoms with Gasteiger partial charge < -0.3 is 20.3 Å². The second kappa shape index (κ2) is 9.67. The van der Waals surface area contributed by atoms with E-state index in [1.807, 2.05) is 23.1 Å². The van der Waals surface area contributed by atoms with E-state index >= 15 is 0 Å². The zero-order chi connectivity index (χ0) is 22.7. The molecule has 3 aliphatic rings. The molecule has 3 heterocycles. The van der Waals surface area contributed by atoms with Gasteiger partial charge in [0.15, 0.2) is 17.5 Å². The normalized spacial score (nSPS) is 21.8. The Labute approximate surface area is 190 Å². The van der Waals surface area contributed by atoms with Crippen LogP contribution in [0.3, 0.4) is 0 Å². The molecule has 0 aliphatic carbocycles. The minimum absolute atomic E-state index is 0.0246. The number of hydrogen-bond donors (Lipinski definition) is 2. The number of carbonyl (C=O) groups excluding carboxylic acids is 1. The average Bonchev–Trinajstić information content (AvgIpc) is 3.37. The van der Waals surface area contributed by atoms with E-state index in [9.17, 15) is 9.90 Å². The molecule has 176 valence electrons. The number of carbonyl (C=O) groups is 1. The molecule has 0 bridgehead atoms. The van der Waals surface area contributed by atoms with Crippen molar-refractivity contribution in [3.05, 3.63) is 23.8 Å². The SMILES string of the molecule is CCCCC1(CCCC)N=C(N)N(C2CCN(C(O)c3ccc4c(c3)OCO4)CC2)C1=O. The molecular weight excluding hydrogens is 408 g/mol. The van der Waals surface area contributed by atoms with Crippen molar-refractivity contribution in [2.75, 3.05) is 19.9 Å². The maximum Gasteiger partial charge on any atom is 0.257 e. The molecule has 1 atom stereocenters. The highest BCUT2D eigenvalue weighted by atomic mass is 16.7. The first-order valence-corrected chi connectivity index (χ1v) is 12.0. The number of aliphatic imine (C=N–C) groups is 1. The molecule has 4 rings (SSSR count). The number of aliphatic hydroxyl groups is 1. The average molecular weight is 445 g/mol. The number of nitrogens with two attached hydrogens (primary N) is 1.